The molecule has 25 heavy (non-hydrogen) atoms. The maximum Gasteiger partial charge on any atom is 0.339 e. The van der Waals surface area contributed by atoms with Gasteiger partial charge in [-0.3, -0.25) is 4.79 Å². The van der Waals surface area contributed by atoms with Crippen molar-refractivity contribution in [3.63, 3.8) is 0 Å². The van der Waals surface area contributed by atoms with Gasteiger partial charge in [0.05, 0.1) is 23.4 Å². The minimum Gasteiger partial charge on any atom is -0.479 e. The van der Waals surface area contributed by atoms with Gasteiger partial charge in [0.1, 0.15) is 5.75 Å². The molecule has 0 aliphatic heterocycles. The number of methoxy groups -OCH3 is 1. The molecule has 6 heteroatoms. The summed E-state index contributed by atoms with van der Waals surface area (Å²) in [7, 11) is 1.29. The lowest BCUT2D eigenvalue weighted by molar-refractivity contribution is -0.122. The fraction of sp³-hybridized carbons (Fsp3) is 0.263. The molecule has 2 rings (SSSR count). The molecule has 0 bridgehead atoms. The van der Waals surface area contributed by atoms with Gasteiger partial charge in [-0.05, 0) is 50.1 Å². The van der Waals surface area contributed by atoms with Crippen LogP contribution in [0.5, 0.6) is 5.75 Å². The van der Waals surface area contributed by atoms with E-state index in [1.165, 1.54) is 7.11 Å². The van der Waals surface area contributed by atoms with Crippen LogP contribution in [0.3, 0.4) is 0 Å². The number of hydrogen-bond donors (Lipinski definition) is 1. The van der Waals surface area contributed by atoms with Gasteiger partial charge >= 0.3 is 5.97 Å². The van der Waals surface area contributed by atoms with Crippen molar-refractivity contribution < 1.29 is 19.1 Å². The standard InChI is InChI=1S/C19H20ClNO4/c1-11-8-9-15(20)16(10-11)25-13(3)18(22)21-17-12(2)6-5-7-14(17)19(23)24-4/h5-10,13H,1-4H3,(H,21,22). The lowest BCUT2D eigenvalue weighted by Crippen LogP contribution is -2.31. The number of hydrogen-bond acceptors (Lipinski definition) is 4. The maximum atomic E-state index is 12.5. The van der Waals surface area contributed by atoms with E-state index in [1.54, 1.807) is 44.2 Å². The second kappa shape index (κ2) is 8.03. The third-order valence-electron chi connectivity index (χ3n) is 3.69. The molecule has 2 aromatic rings. The number of para-hydroxylation sites is 1. The maximum absolute atomic E-state index is 12.5. The van der Waals surface area contributed by atoms with Crippen molar-refractivity contribution in [2.45, 2.75) is 26.9 Å². The van der Waals surface area contributed by atoms with Gasteiger partial charge in [0.2, 0.25) is 0 Å². The number of halogens is 1. The van der Waals surface area contributed by atoms with Crippen molar-refractivity contribution in [2.75, 3.05) is 12.4 Å². The Bertz CT molecular complexity index is 804. The molecule has 0 radical (unpaired) electrons. The Morgan fingerprint density at radius 2 is 1.88 bits per heavy atom. The SMILES string of the molecule is COC(=O)c1cccc(C)c1NC(=O)C(C)Oc1cc(C)ccc1Cl. The van der Waals surface area contributed by atoms with Crippen LogP contribution in [0.15, 0.2) is 36.4 Å². The average molecular weight is 362 g/mol. The lowest BCUT2D eigenvalue weighted by Gasteiger charge is -2.18. The van der Waals surface area contributed by atoms with E-state index in [4.69, 9.17) is 21.1 Å². The molecule has 0 saturated carbocycles. The molecule has 132 valence electrons. The molecule has 1 amide bonds. The third-order valence-corrected chi connectivity index (χ3v) is 4.00. The van der Waals surface area contributed by atoms with Crippen molar-refractivity contribution >= 4 is 29.2 Å². The average Bonchev–Trinajstić information content (AvgIpc) is 2.59. The van der Waals surface area contributed by atoms with Crippen molar-refractivity contribution in [1.82, 2.24) is 0 Å². The summed E-state index contributed by atoms with van der Waals surface area (Å²) in [6, 6.07) is 10.5. The number of amides is 1. The fourth-order valence-corrected chi connectivity index (χ4v) is 2.45. The topological polar surface area (TPSA) is 64.6 Å². The fourth-order valence-electron chi connectivity index (χ4n) is 2.28. The number of aryl methyl sites for hydroxylation is 2. The molecule has 0 aliphatic rings. The largest absolute Gasteiger partial charge is 0.479 e. The van der Waals surface area contributed by atoms with Crippen LogP contribution in [0.25, 0.3) is 0 Å². The molecule has 0 spiro atoms. The number of esters is 1. The van der Waals surface area contributed by atoms with Crippen LogP contribution in [-0.4, -0.2) is 25.1 Å². The predicted octanol–water partition coefficient (Wildman–Crippen LogP) is 4.15. The van der Waals surface area contributed by atoms with E-state index in [1.807, 2.05) is 13.0 Å². The van der Waals surface area contributed by atoms with E-state index in [0.29, 0.717) is 16.5 Å². The summed E-state index contributed by atoms with van der Waals surface area (Å²) in [5, 5.41) is 3.17. The van der Waals surface area contributed by atoms with Gasteiger partial charge in [0.15, 0.2) is 6.10 Å². The van der Waals surface area contributed by atoms with Gasteiger partial charge in [0, 0.05) is 0 Å². The van der Waals surface area contributed by atoms with Gasteiger partial charge in [0.25, 0.3) is 5.91 Å². The Kier molecular flexibility index (Phi) is 6.04. The highest BCUT2D eigenvalue weighted by Crippen LogP contribution is 2.27. The Hall–Kier alpha value is -2.53. The zero-order valence-electron chi connectivity index (χ0n) is 14.6. The monoisotopic (exact) mass is 361 g/mol. The van der Waals surface area contributed by atoms with Crippen molar-refractivity contribution in [3.05, 3.63) is 58.1 Å². The highest BCUT2D eigenvalue weighted by atomic mass is 35.5. The van der Waals surface area contributed by atoms with Gasteiger partial charge in [-0.2, -0.15) is 0 Å². The molecule has 0 aliphatic carbocycles. The zero-order chi connectivity index (χ0) is 18.6. The summed E-state index contributed by atoms with van der Waals surface area (Å²) >= 11 is 6.10. The van der Waals surface area contributed by atoms with Crippen molar-refractivity contribution in [3.8, 4) is 5.75 Å². The molecule has 1 atom stereocenters. The van der Waals surface area contributed by atoms with Gasteiger partial charge in [-0.25, -0.2) is 4.79 Å². The Morgan fingerprint density at radius 1 is 1.16 bits per heavy atom. The van der Waals surface area contributed by atoms with Crippen molar-refractivity contribution in [2.24, 2.45) is 0 Å². The smallest absolute Gasteiger partial charge is 0.339 e. The highest BCUT2D eigenvalue weighted by molar-refractivity contribution is 6.32. The molecular formula is C19H20ClNO4. The molecule has 1 unspecified atom stereocenters. The van der Waals surface area contributed by atoms with E-state index < -0.39 is 18.0 Å². The van der Waals surface area contributed by atoms with Crippen LogP contribution in [0.2, 0.25) is 5.02 Å². The van der Waals surface area contributed by atoms with Crippen LogP contribution in [0.4, 0.5) is 5.69 Å². The first kappa shape index (κ1) is 18.8. The molecule has 0 heterocycles. The first-order chi connectivity index (χ1) is 11.8. The molecule has 0 saturated heterocycles. The summed E-state index contributed by atoms with van der Waals surface area (Å²) in [6.07, 6.45) is -0.801. The Balaban J connectivity index is 2.19. The van der Waals surface area contributed by atoms with Crippen LogP contribution < -0.4 is 10.1 Å². The summed E-state index contributed by atoms with van der Waals surface area (Å²) < 4.78 is 10.4. The lowest BCUT2D eigenvalue weighted by atomic mass is 10.1. The van der Waals surface area contributed by atoms with Crippen LogP contribution in [-0.2, 0) is 9.53 Å². The molecule has 0 aromatic heterocycles. The molecule has 2 aromatic carbocycles. The number of carbonyl (C=O) groups is 2. The van der Waals surface area contributed by atoms with Gasteiger partial charge in [-0.15, -0.1) is 0 Å². The number of anilines is 1. The molecule has 0 fully saturated rings. The number of ether oxygens (including phenoxy) is 2. The number of carbonyl (C=O) groups excluding carboxylic acids is 2. The quantitative estimate of drug-likeness (QED) is 0.812. The van der Waals surface area contributed by atoms with Crippen LogP contribution in [0, 0.1) is 13.8 Å². The minimum absolute atomic E-state index is 0.289. The second-order valence-corrected chi connectivity index (χ2v) is 6.08. The minimum atomic E-state index is -0.801. The molecular weight excluding hydrogens is 342 g/mol. The van der Waals surface area contributed by atoms with Crippen LogP contribution in [0.1, 0.15) is 28.4 Å². The van der Waals surface area contributed by atoms with E-state index >= 15 is 0 Å². The predicted molar refractivity (Wildman–Crippen MR) is 97.4 cm³/mol. The number of benzene rings is 2. The normalized spacial score (nSPS) is 11.6. The highest BCUT2D eigenvalue weighted by Gasteiger charge is 2.21. The van der Waals surface area contributed by atoms with Gasteiger partial charge in [-0.1, -0.05) is 29.8 Å². The summed E-state index contributed by atoms with van der Waals surface area (Å²) in [5.74, 6) is -0.478. The summed E-state index contributed by atoms with van der Waals surface area (Å²) in [6.45, 7) is 5.32. The molecule has 5 nitrogen and oxygen atoms in total. The van der Waals surface area contributed by atoms with E-state index in [0.717, 1.165) is 11.1 Å². The van der Waals surface area contributed by atoms with E-state index in [2.05, 4.69) is 5.32 Å². The van der Waals surface area contributed by atoms with E-state index in [-0.39, 0.29) is 5.56 Å². The number of rotatable bonds is 5. The Labute approximate surface area is 151 Å². The second-order valence-electron chi connectivity index (χ2n) is 5.67. The molecule has 1 N–H and O–H groups in total. The number of nitrogens with one attached hydrogen (secondary N) is 1. The summed E-state index contributed by atoms with van der Waals surface area (Å²) in [5.41, 5.74) is 2.41. The Morgan fingerprint density at radius 3 is 2.56 bits per heavy atom. The first-order valence-corrected chi connectivity index (χ1v) is 8.13. The van der Waals surface area contributed by atoms with E-state index in [9.17, 15) is 9.59 Å². The van der Waals surface area contributed by atoms with Crippen molar-refractivity contribution in [1.29, 1.82) is 0 Å². The van der Waals surface area contributed by atoms with Crippen LogP contribution >= 0.6 is 11.6 Å². The first-order valence-electron chi connectivity index (χ1n) is 7.75. The van der Waals surface area contributed by atoms with Gasteiger partial charge < -0.3 is 14.8 Å². The summed E-state index contributed by atoms with van der Waals surface area (Å²) in [4.78, 5) is 24.4. The third kappa shape index (κ3) is 4.51. The zero-order valence-corrected chi connectivity index (χ0v) is 15.3.